The fourth-order valence-electron chi connectivity index (χ4n) is 3.87. The molecule has 0 saturated heterocycles. The van der Waals surface area contributed by atoms with E-state index < -0.39 is 0 Å². The molecule has 3 nitrogen and oxygen atoms in total. The number of benzene rings is 2. The number of rotatable bonds is 14. The summed E-state index contributed by atoms with van der Waals surface area (Å²) in [4.78, 5) is 0. The molecular formula is C28H42O3. The number of hydrogen-bond donors (Lipinski definition) is 0. The smallest absolute Gasteiger partial charge is 0.122 e. The van der Waals surface area contributed by atoms with Crippen molar-refractivity contribution in [1.82, 2.24) is 0 Å². The van der Waals surface area contributed by atoms with Crippen molar-refractivity contribution in [3.8, 4) is 11.5 Å². The van der Waals surface area contributed by atoms with Gasteiger partial charge in [-0.3, -0.25) is 0 Å². The maximum absolute atomic E-state index is 6.40. The van der Waals surface area contributed by atoms with Gasteiger partial charge in [0.15, 0.2) is 0 Å². The Morgan fingerprint density at radius 3 is 1.35 bits per heavy atom. The predicted molar refractivity (Wildman–Crippen MR) is 130 cm³/mol. The van der Waals surface area contributed by atoms with Gasteiger partial charge in [-0.2, -0.15) is 0 Å². The molecule has 0 saturated carbocycles. The Kier molecular flexibility index (Phi) is 10.9. The highest BCUT2D eigenvalue weighted by molar-refractivity contribution is 5.38. The van der Waals surface area contributed by atoms with Crippen LogP contribution in [0.5, 0.6) is 11.5 Å². The van der Waals surface area contributed by atoms with Gasteiger partial charge in [0.05, 0.1) is 26.4 Å². The molecule has 2 aromatic rings. The van der Waals surface area contributed by atoms with E-state index in [9.17, 15) is 0 Å². The van der Waals surface area contributed by atoms with Crippen LogP contribution in [0.4, 0.5) is 0 Å². The van der Waals surface area contributed by atoms with Crippen LogP contribution in [0.3, 0.4) is 0 Å². The monoisotopic (exact) mass is 426 g/mol. The predicted octanol–water partition coefficient (Wildman–Crippen LogP) is 7.46. The van der Waals surface area contributed by atoms with Crippen LogP contribution in [0.25, 0.3) is 0 Å². The molecule has 172 valence electrons. The molecule has 2 aromatic carbocycles. The highest BCUT2D eigenvalue weighted by Crippen LogP contribution is 2.35. The number of hydrogen-bond acceptors (Lipinski definition) is 3. The van der Waals surface area contributed by atoms with Crippen molar-refractivity contribution < 1.29 is 14.2 Å². The first-order chi connectivity index (χ1) is 15.0. The van der Waals surface area contributed by atoms with E-state index in [0.717, 1.165) is 37.6 Å². The second kappa shape index (κ2) is 13.4. The Hall–Kier alpha value is -2.00. The lowest BCUT2D eigenvalue weighted by molar-refractivity contribution is 0.0851. The lowest BCUT2D eigenvalue weighted by atomic mass is 9.87. The second-order valence-corrected chi connectivity index (χ2v) is 9.01. The normalized spacial score (nSPS) is 13.4. The molecule has 0 aromatic heterocycles. The van der Waals surface area contributed by atoms with E-state index in [4.69, 9.17) is 14.2 Å². The Labute approximate surface area is 190 Å². The molecule has 2 rings (SSSR count). The van der Waals surface area contributed by atoms with Crippen molar-refractivity contribution in [2.75, 3.05) is 26.4 Å². The Balaban J connectivity index is 2.13. The minimum Gasteiger partial charge on any atom is -0.493 e. The zero-order chi connectivity index (χ0) is 22.6. The van der Waals surface area contributed by atoms with Crippen LogP contribution in [-0.2, 0) is 4.74 Å². The van der Waals surface area contributed by atoms with Gasteiger partial charge in [-0.15, -0.1) is 0 Å². The Morgan fingerprint density at radius 1 is 0.613 bits per heavy atom. The lowest BCUT2D eigenvalue weighted by Gasteiger charge is -2.27. The van der Waals surface area contributed by atoms with Crippen LogP contribution in [-0.4, -0.2) is 26.4 Å². The summed E-state index contributed by atoms with van der Waals surface area (Å²) in [5, 5.41) is 0. The fourth-order valence-corrected chi connectivity index (χ4v) is 3.87. The molecule has 0 aliphatic rings. The third-order valence-electron chi connectivity index (χ3n) is 5.76. The summed E-state index contributed by atoms with van der Waals surface area (Å²) in [6.07, 6.45) is 2.01. The molecule has 2 atom stereocenters. The van der Waals surface area contributed by atoms with Gasteiger partial charge in [-0.25, -0.2) is 0 Å². The molecule has 3 heteroatoms. The van der Waals surface area contributed by atoms with Gasteiger partial charge in [-0.1, -0.05) is 77.9 Å². The molecule has 0 spiro atoms. The van der Waals surface area contributed by atoms with E-state index in [0.29, 0.717) is 36.9 Å². The third-order valence-corrected chi connectivity index (χ3v) is 5.76. The van der Waals surface area contributed by atoms with Gasteiger partial charge in [-0.05, 0) is 47.9 Å². The van der Waals surface area contributed by atoms with E-state index >= 15 is 0 Å². The summed E-state index contributed by atoms with van der Waals surface area (Å²) in [5.74, 6) is 3.50. The first-order valence-electron chi connectivity index (χ1n) is 12.0. The standard InChI is InChI=1S/C28H42O3/c1-7-17-30-27-15-11-9-13-23(27)25(21(3)4)19-29-20-26(22(5)6)24-14-10-12-16-28(24)31-18-8-2/h9-16,21-22,25-26H,7-8,17-20H2,1-6H3. The summed E-state index contributed by atoms with van der Waals surface area (Å²) in [7, 11) is 0. The molecule has 31 heavy (non-hydrogen) atoms. The van der Waals surface area contributed by atoms with Crippen molar-refractivity contribution in [1.29, 1.82) is 0 Å². The third kappa shape index (κ3) is 7.57. The Morgan fingerprint density at radius 2 is 1.00 bits per heavy atom. The first-order valence-corrected chi connectivity index (χ1v) is 12.0. The molecule has 0 radical (unpaired) electrons. The van der Waals surface area contributed by atoms with Crippen LogP contribution in [0.2, 0.25) is 0 Å². The van der Waals surface area contributed by atoms with Crippen molar-refractivity contribution in [2.24, 2.45) is 11.8 Å². The summed E-state index contributed by atoms with van der Waals surface area (Å²) in [5.41, 5.74) is 2.50. The minimum atomic E-state index is 0.299. The molecule has 0 heterocycles. The average Bonchev–Trinajstić information content (AvgIpc) is 2.76. The number of ether oxygens (including phenoxy) is 3. The highest BCUT2D eigenvalue weighted by atomic mass is 16.5. The van der Waals surface area contributed by atoms with Crippen molar-refractivity contribution in [3.63, 3.8) is 0 Å². The lowest BCUT2D eigenvalue weighted by Crippen LogP contribution is -2.20. The van der Waals surface area contributed by atoms with Crippen LogP contribution < -0.4 is 9.47 Å². The van der Waals surface area contributed by atoms with E-state index in [1.54, 1.807) is 0 Å². The SMILES string of the molecule is CCCOc1ccccc1C(COCC(c1ccccc1OCCC)C(C)C)C(C)C. The zero-order valence-electron chi connectivity index (χ0n) is 20.4. The van der Waals surface area contributed by atoms with Crippen molar-refractivity contribution in [2.45, 2.75) is 66.2 Å². The molecular weight excluding hydrogens is 384 g/mol. The molecule has 0 fully saturated rings. The van der Waals surface area contributed by atoms with E-state index in [-0.39, 0.29) is 0 Å². The molecule has 0 amide bonds. The van der Waals surface area contributed by atoms with Crippen molar-refractivity contribution >= 4 is 0 Å². The van der Waals surface area contributed by atoms with E-state index in [1.807, 2.05) is 0 Å². The van der Waals surface area contributed by atoms with Gasteiger partial charge in [0, 0.05) is 11.8 Å². The maximum Gasteiger partial charge on any atom is 0.122 e. The van der Waals surface area contributed by atoms with Gasteiger partial charge < -0.3 is 14.2 Å². The number of para-hydroxylation sites is 2. The van der Waals surface area contributed by atoms with Gasteiger partial charge in [0.25, 0.3) is 0 Å². The molecule has 0 bridgehead atoms. The summed E-state index contributed by atoms with van der Waals surface area (Å²) >= 11 is 0. The van der Waals surface area contributed by atoms with Crippen molar-refractivity contribution in [3.05, 3.63) is 59.7 Å². The van der Waals surface area contributed by atoms with E-state index in [2.05, 4.69) is 90.1 Å². The minimum absolute atomic E-state index is 0.299. The second-order valence-electron chi connectivity index (χ2n) is 9.01. The molecule has 0 aliphatic carbocycles. The highest BCUT2D eigenvalue weighted by Gasteiger charge is 2.23. The van der Waals surface area contributed by atoms with Crippen LogP contribution in [0.15, 0.2) is 48.5 Å². The quantitative estimate of drug-likeness (QED) is 0.314. The molecule has 0 N–H and O–H groups in total. The van der Waals surface area contributed by atoms with Gasteiger partial charge in [0.2, 0.25) is 0 Å². The largest absolute Gasteiger partial charge is 0.493 e. The zero-order valence-corrected chi connectivity index (χ0v) is 20.4. The van der Waals surface area contributed by atoms with Crippen LogP contribution in [0, 0.1) is 11.8 Å². The van der Waals surface area contributed by atoms with E-state index in [1.165, 1.54) is 11.1 Å². The molecule has 0 aliphatic heterocycles. The topological polar surface area (TPSA) is 27.7 Å². The first kappa shape index (κ1) is 25.3. The van der Waals surface area contributed by atoms with Crippen LogP contribution in [0.1, 0.15) is 77.3 Å². The Bertz CT molecular complexity index is 690. The summed E-state index contributed by atoms with van der Waals surface area (Å²) < 4.78 is 18.5. The molecule has 2 unspecified atom stereocenters. The van der Waals surface area contributed by atoms with Gasteiger partial charge in [0.1, 0.15) is 11.5 Å². The summed E-state index contributed by atoms with van der Waals surface area (Å²) in [6.45, 7) is 16.2. The average molecular weight is 427 g/mol. The fraction of sp³-hybridized carbons (Fsp3) is 0.571. The van der Waals surface area contributed by atoms with Crippen LogP contribution >= 0.6 is 0 Å². The summed E-state index contributed by atoms with van der Waals surface area (Å²) in [6, 6.07) is 16.8. The maximum atomic E-state index is 6.40. The van der Waals surface area contributed by atoms with Gasteiger partial charge >= 0.3 is 0 Å².